The largest absolute Gasteiger partial charge is 0.465 e. The van der Waals surface area contributed by atoms with Gasteiger partial charge in [-0.3, -0.25) is 4.79 Å². The van der Waals surface area contributed by atoms with Crippen LogP contribution in [0.25, 0.3) is 5.57 Å². The van der Waals surface area contributed by atoms with Gasteiger partial charge in [0.15, 0.2) is 0 Å². The number of nitrogens with one attached hydrogen (secondary N) is 1. The summed E-state index contributed by atoms with van der Waals surface area (Å²) in [4.78, 5) is 26.1. The van der Waals surface area contributed by atoms with Crippen LogP contribution in [-0.2, 0) is 0 Å². The van der Waals surface area contributed by atoms with Crippen LogP contribution >= 0.6 is 0 Å². The van der Waals surface area contributed by atoms with Crippen LogP contribution in [0.5, 0.6) is 0 Å². The number of aromatic nitrogens is 1. The first-order chi connectivity index (χ1) is 8.08. The van der Waals surface area contributed by atoms with E-state index in [0.29, 0.717) is 13.0 Å². The lowest BCUT2D eigenvalue weighted by Gasteiger charge is -2.30. The molecule has 0 aromatic carbocycles. The SMILES string of the molecule is C[C@@H]1CC(c2cc[nH]c(=O)c2)=CCN1C(=O)O. The second-order valence-electron chi connectivity index (χ2n) is 4.16. The highest BCUT2D eigenvalue weighted by Gasteiger charge is 2.23. The van der Waals surface area contributed by atoms with Gasteiger partial charge >= 0.3 is 6.09 Å². The lowest BCUT2D eigenvalue weighted by molar-refractivity contribution is 0.133. The van der Waals surface area contributed by atoms with Crippen molar-refractivity contribution in [1.82, 2.24) is 9.88 Å². The summed E-state index contributed by atoms with van der Waals surface area (Å²) in [5.74, 6) is 0. The second kappa shape index (κ2) is 4.45. The highest BCUT2D eigenvalue weighted by atomic mass is 16.4. The number of carbonyl (C=O) groups is 1. The zero-order valence-corrected chi connectivity index (χ0v) is 9.51. The minimum Gasteiger partial charge on any atom is -0.465 e. The first kappa shape index (κ1) is 11.4. The Balaban J connectivity index is 2.25. The Bertz CT molecular complexity index is 518. The average Bonchev–Trinajstić information content (AvgIpc) is 2.28. The Morgan fingerprint density at radius 3 is 2.94 bits per heavy atom. The third-order valence-electron chi connectivity index (χ3n) is 2.97. The summed E-state index contributed by atoms with van der Waals surface area (Å²) in [6.07, 6.45) is 3.20. The molecule has 0 unspecified atom stereocenters. The number of nitrogens with zero attached hydrogens (tertiary/aromatic N) is 1. The van der Waals surface area contributed by atoms with Crippen molar-refractivity contribution in [3.05, 3.63) is 40.3 Å². The molecule has 1 aliphatic rings. The number of carboxylic acid groups (broad SMARTS) is 1. The standard InChI is InChI=1S/C12H14N2O3/c1-8-6-10(3-5-14(8)12(16)17)9-2-4-13-11(15)7-9/h2-4,7-8H,5-6H2,1H3,(H,13,15)(H,16,17)/t8-/m1/s1. The molecule has 2 rings (SSSR count). The molecule has 0 radical (unpaired) electrons. The fourth-order valence-corrected chi connectivity index (χ4v) is 2.05. The summed E-state index contributed by atoms with van der Waals surface area (Å²) in [5, 5.41) is 8.95. The molecule has 0 aliphatic carbocycles. The van der Waals surface area contributed by atoms with Crippen LogP contribution in [0.15, 0.2) is 29.2 Å². The van der Waals surface area contributed by atoms with Crippen LogP contribution in [0, 0.1) is 0 Å². The zero-order chi connectivity index (χ0) is 12.4. The Morgan fingerprint density at radius 1 is 1.59 bits per heavy atom. The van der Waals surface area contributed by atoms with Crippen LogP contribution in [0.1, 0.15) is 18.9 Å². The fraction of sp³-hybridized carbons (Fsp3) is 0.333. The maximum Gasteiger partial charge on any atom is 0.407 e. The summed E-state index contributed by atoms with van der Waals surface area (Å²) in [6, 6.07) is 3.30. The van der Waals surface area contributed by atoms with E-state index in [1.54, 1.807) is 6.20 Å². The van der Waals surface area contributed by atoms with E-state index < -0.39 is 6.09 Å². The zero-order valence-electron chi connectivity index (χ0n) is 9.51. The highest BCUT2D eigenvalue weighted by Crippen LogP contribution is 2.25. The molecule has 2 heterocycles. The summed E-state index contributed by atoms with van der Waals surface area (Å²) < 4.78 is 0. The molecule has 0 fully saturated rings. The summed E-state index contributed by atoms with van der Waals surface area (Å²) >= 11 is 0. The lowest BCUT2D eigenvalue weighted by Crippen LogP contribution is -2.40. The number of amides is 1. The van der Waals surface area contributed by atoms with Crippen molar-refractivity contribution in [3.8, 4) is 0 Å². The maximum atomic E-state index is 11.2. The van der Waals surface area contributed by atoms with E-state index in [9.17, 15) is 9.59 Å². The van der Waals surface area contributed by atoms with Gasteiger partial charge in [0.1, 0.15) is 0 Å². The molecule has 1 aromatic rings. The number of rotatable bonds is 1. The van der Waals surface area contributed by atoms with Crippen LogP contribution in [0.4, 0.5) is 4.79 Å². The number of aromatic amines is 1. The molecule has 1 aromatic heterocycles. The second-order valence-corrected chi connectivity index (χ2v) is 4.16. The van der Waals surface area contributed by atoms with Crippen molar-refractivity contribution < 1.29 is 9.90 Å². The number of hydrogen-bond acceptors (Lipinski definition) is 2. The van der Waals surface area contributed by atoms with Gasteiger partial charge in [0.05, 0.1) is 0 Å². The molecule has 1 atom stereocenters. The molecule has 0 saturated carbocycles. The van der Waals surface area contributed by atoms with Gasteiger partial charge in [-0.25, -0.2) is 4.79 Å². The summed E-state index contributed by atoms with van der Waals surface area (Å²) in [5.41, 5.74) is 1.75. The normalized spacial score (nSPS) is 19.9. The predicted molar refractivity (Wildman–Crippen MR) is 63.8 cm³/mol. The van der Waals surface area contributed by atoms with Crippen molar-refractivity contribution >= 4 is 11.7 Å². The number of hydrogen-bond donors (Lipinski definition) is 2. The fourth-order valence-electron chi connectivity index (χ4n) is 2.05. The van der Waals surface area contributed by atoms with Gasteiger partial charge in [0.25, 0.3) is 0 Å². The Hall–Kier alpha value is -2.04. The Labute approximate surface area is 98.4 Å². The minimum absolute atomic E-state index is 0.0632. The molecule has 1 aliphatic heterocycles. The lowest BCUT2D eigenvalue weighted by atomic mass is 9.96. The van der Waals surface area contributed by atoms with E-state index in [1.807, 2.05) is 19.1 Å². The van der Waals surface area contributed by atoms with Gasteiger partial charge in [-0.15, -0.1) is 0 Å². The van der Waals surface area contributed by atoms with Crippen LogP contribution < -0.4 is 5.56 Å². The van der Waals surface area contributed by atoms with E-state index in [-0.39, 0.29) is 11.6 Å². The molecule has 0 saturated heterocycles. The molecule has 5 heteroatoms. The van der Waals surface area contributed by atoms with Gasteiger partial charge in [-0.1, -0.05) is 6.08 Å². The van der Waals surface area contributed by atoms with Crippen LogP contribution in [0.3, 0.4) is 0 Å². The van der Waals surface area contributed by atoms with Gasteiger partial charge in [0, 0.05) is 24.8 Å². The highest BCUT2D eigenvalue weighted by molar-refractivity contribution is 5.71. The van der Waals surface area contributed by atoms with Crippen molar-refractivity contribution in [3.63, 3.8) is 0 Å². The van der Waals surface area contributed by atoms with Crippen LogP contribution in [0.2, 0.25) is 0 Å². The minimum atomic E-state index is -0.904. The molecule has 90 valence electrons. The van der Waals surface area contributed by atoms with Crippen molar-refractivity contribution in [2.45, 2.75) is 19.4 Å². The van der Waals surface area contributed by atoms with Crippen molar-refractivity contribution in [2.24, 2.45) is 0 Å². The van der Waals surface area contributed by atoms with Gasteiger partial charge < -0.3 is 15.0 Å². The third-order valence-corrected chi connectivity index (χ3v) is 2.97. The molecule has 17 heavy (non-hydrogen) atoms. The molecule has 0 spiro atoms. The molecule has 1 amide bonds. The summed E-state index contributed by atoms with van der Waals surface area (Å²) in [7, 11) is 0. The Morgan fingerprint density at radius 2 is 2.35 bits per heavy atom. The van der Waals surface area contributed by atoms with Crippen LogP contribution in [-0.4, -0.2) is 33.7 Å². The maximum absolute atomic E-state index is 11.2. The topological polar surface area (TPSA) is 73.4 Å². The quantitative estimate of drug-likeness (QED) is 0.773. The molecular formula is C12H14N2O3. The number of pyridine rings is 1. The van der Waals surface area contributed by atoms with Gasteiger partial charge in [0.2, 0.25) is 5.56 Å². The average molecular weight is 234 g/mol. The smallest absolute Gasteiger partial charge is 0.407 e. The molecule has 5 nitrogen and oxygen atoms in total. The summed E-state index contributed by atoms with van der Waals surface area (Å²) in [6.45, 7) is 2.24. The monoisotopic (exact) mass is 234 g/mol. The van der Waals surface area contributed by atoms with Crippen molar-refractivity contribution in [1.29, 1.82) is 0 Å². The van der Waals surface area contributed by atoms with Gasteiger partial charge in [-0.05, 0) is 30.5 Å². The predicted octanol–water partition coefficient (Wildman–Crippen LogP) is 1.53. The first-order valence-electron chi connectivity index (χ1n) is 5.45. The first-order valence-corrected chi connectivity index (χ1v) is 5.45. The van der Waals surface area contributed by atoms with Crippen molar-refractivity contribution in [2.75, 3.05) is 6.54 Å². The van der Waals surface area contributed by atoms with E-state index >= 15 is 0 Å². The Kier molecular flexibility index (Phi) is 2.99. The molecule has 0 bridgehead atoms. The van der Waals surface area contributed by atoms with E-state index in [0.717, 1.165) is 11.1 Å². The molecular weight excluding hydrogens is 220 g/mol. The van der Waals surface area contributed by atoms with E-state index in [2.05, 4.69) is 4.98 Å². The molecule has 2 N–H and O–H groups in total. The van der Waals surface area contributed by atoms with Gasteiger partial charge in [-0.2, -0.15) is 0 Å². The van der Waals surface area contributed by atoms with E-state index in [1.165, 1.54) is 11.0 Å². The number of H-pyrrole nitrogens is 1. The third kappa shape index (κ3) is 2.38. The van der Waals surface area contributed by atoms with E-state index in [4.69, 9.17) is 5.11 Å².